The van der Waals surface area contributed by atoms with Crippen LogP contribution in [0.4, 0.5) is 35.2 Å². The van der Waals surface area contributed by atoms with Gasteiger partial charge >= 0.3 is 12.2 Å². The molecular weight excluding hydrogens is 437 g/mol. The number of nitrogens with one attached hydrogen (secondary N) is 2. The number of urea groups is 1. The van der Waals surface area contributed by atoms with Gasteiger partial charge < -0.3 is 20.9 Å². The van der Waals surface area contributed by atoms with Crippen molar-refractivity contribution in [2.45, 2.75) is 6.18 Å². The maximum absolute atomic E-state index is 13.1. The Kier molecular flexibility index (Phi) is 5.46. The molecule has 0 radical (unpaired) electrons. The SMILES string of the molecule is Cn1cc(C(=O)c2cccc(NC(=O)Nc3ccccc3C(F)(F)F)c2)c2c(N)ncnc21. The fourth-order valence-corrected chi connectivity index (χ4v) is 3.42. The number of rotatable bonds is 4. The molecule has 0 fully saturated rings. The van der Waals surface area contributed by atoms with Crippen molar-refractivity contribution in [3.63, 3.8) is 0 Å². The molecule has 0 saturated heterocycles. The van der Waals surface area contributed by atoms with E-state index in [2.05, 4.69) is 20.6 Å². The van der Waals surface area contributed by atoms with E-state index in [-0.39, 0.29) is 34.1 Å². The summed E-state index contributed by atoms with van der Waals surface area (Å²) in [6.07, 6.45) is -1.74. The summed E-state index contributed by atoms with van der Waals surface area (Å²) in [5.41, 5.74) is 5.80. The van der Waals surface area contributed by atoms with Gasteiger partial charge in [0.1, 0.15) is 17.8 Å². The van der Waals surface area contributed by atoms with Crippen LogP contribution in [0.15, 0.2) is 61.1 Å². The van der Waals surface area contributed by atoms with E-state index in [9.17, 15) is 22.8 Å². The lowest BCUT2D eigenvalue weighted by Crippen LogP contribution is -2.22. The third kappa shape index (κ3) is 4.33. The number of nitrogens with two attached hydrogens (primary N) is 1. The van der Waals surface area contributed by atoms with Crippen molar-refractivity contribution >= 4 is 40.0 Å². The number of nitrogen functional groups attached to an aromatic ring is 1. The van der Waals surface area contributed by atoms with Gasteiger partial charge in [-0.1, -0.05) is 24.3 Å². The molecule has 2 aromatic heterocycles. The number of amides is 2. The number of carbonyl (C=O) groups is 2. The zero-order chi connectivity index (χ0) is 23.8. The predicted molar refractivity (Wildman–Crippen MR) is 117 cm³/mol. The van der Waals surface area contributed by atoms with E-state index in [1.54, 1.807) is 23.9 Å². The van der Waals surface area contributed by atoms with E-state index in [1.165, 1.54) is 36.7 Å². The molecule has 0 aliphatic heterocycles. The van der Waals surface area contributed by atoms with Crippen LogP contribution in [0.3, 0.4) is 0 Å². The maximum atomic E-state index is 13.1. The Morgan fingerprint density at radius 2 is 1.79 bits per heavy atom. The Labute approximate surface area is 185 Å². The van der Waals surface area contributed by atoms with E-state index in [0.717, 1.165) is 12.1 Å². The van der Waals surface area contributed by atoms with E-state index in [0.29, 0.717) is 11.0 Å². The number of aryl methyl sites for hydroxylation is 1. The van der Waals surface area contributed by atoms with Gasteiger partial charge in [0.25, 0.3) is 0 Å². The molecule has 0 aliphatic rings. The van der Waals surface area contributed by atoms with Crippen molar-refractivity contribution in [1.29, 1.82) is 0 Å². The van der Waals surface area contributed by atoms with Gasteiger partial charge in [0.15, 0.2) is 5.78 Å². The highest BCUT2D eigenvalue weighted by Crippen LogP contribution is 2.34. The topological polar surface area (TPSA) is 115 Å². The average molecular weight is 454 g/mol. The summed E-state index contributed by atoms with van der Waals surface area (Å²) in [6.45, 7) is 0. The van der Waals surface area contributed by atoms with Crippen molar-refractivity contribution in [2.75, 3.05) is 16.4 Å². The first kappa shape index (κ1) is 21.8. The van der Waals surface area contributed by atoms with Gasteiger partial charge in [-0.2, -0.15) is 13.2 Å². The normalized spacial score (nSPS) is 11.4. The number of fused-ring (bicyclic) bond motifs is 1. The summed E-state index contributed by atoms with van der Waals surface area (Å²) in [7, 11) is 1.71. The average Bonchev–Trinajstić information content (AvgIpc) is 3.11. The van der Waals surface area contributed by atoms with Gasteiger partial charge in [-0.05, 0) is 24.3 Å². The molecule has 4 N–H and O–H groups in total. The molecule has 0 aliphatic carbocycles. The van der Waals surface area contributed by atoms with Gasteiger partial charge in [-0.25, -0.2) is 14.8 Å². The first-order valence-corrected chi connectivity index (χ1v) is 9.59. The Morgan fingerprint density at radius 3 is 2.55 bits per heavy atom. The van der Waals surface area contributed by atoms with E-state index in [1.807, 2.05) is 0 Å². The van der Waals surface area contributed by atoms with Crippen LogP contribution in [0.2, 0.25) is 0 Å². The number of benzene rings is 2. The Hall–Kier alpha value is -4.41. The molecule has 168 valence electrons. The van der Waals surface area contributed by atoms with Crippen LogP contribution in [0.5, 0.6) is 0 Å². The number of ketones is 1. The minimum Gasteiger partial charge on any atom is -0.383 e. The van der Waals surface area contributed by atoms with Crippen molar-refractivity contribution in [1.82, 2.24) is 14.5 Å². The fourth-order valence-electron chi connectivity index (χ4n) is 3.42. The Bertz CT molecular complexity index is 1380. The van der Waals surface area contributed by atoms with Crippen molar-refractivity contribution in [2.24, 2.45) is 7.05 Å². The highest BCUT2D eigenvalue weighted by atomic mass is 19.4. The van der Waals surface area contributed by atoms with Gasteiger partial charge in [-0.3, -0.25) is 4.79 Å². The minimum absolute atomic E-state index is 0.154. The molecule has 0 atom stereocenters. The van der Waals surface area contributed by atoms with Gasteiger partial charge in [-0.15, -0.1) is 0 Å². The van der Waals surface area contributed by atoms with Gasteiger partial charge in [0, 0.05) is 24.5 Å². The van der Waals surface area contributed by atoms with Crippen LogP contribution in [0, 0.1) is 0 Å². The molecule has 2 amide bonds. The van der Waals surface area contributed by atoms with Crippen molar-refractivity contribution in [3.05, 3.63) is 77.7 Å². The van der Waals surface area contributed by atoms with Crippen molar-refractivity contribution < 1.29 is 22.8 Å². The molecule has 8 nitrogen and oxygen atoms in total. The summed E-state index contributed by atoms with van der Waals surface area (Å²) < 4.78 is 41.1. The number of alkyl halides is 3. The molecule has 0 bridgehead atoms. The molecule has 11 heteroatoms. The number of halogens is 3. The largest absolute Gasteiger partial charge is 0.418 e. The summed E-state index contributed by atoms with van der Waals surface area (Å²) >= 11 is 0. The van der Waals surface area contributed by atoms with Gasteiger partial charge in [0.2, 0.25) is 0 Å². The maximum Gasteiger partial charge on any atom is 0.418 e. The molecule has 0 spiro atoms. The summed E-state index contributed by atoms with van der Waals surface area (Å²) in [5, 5.41) is 5.04. The monoisotopic (exact) mass is 454 g/mol. The highest BCUT2D eigenvalue weighted by Gasteiger charge is 2.33. The lowest BCUT2D eigenvalue weighted by molar-refractivity contribution is -0.136. The molecule has 2 heterocycles. The van der Waals surface area contributed by atoms with E-state index in [4.69, 9.17) is 5.73 Å². The van der Waals surface area contributed by atoms with Crippen LogP contribution in [-0.2, 0) is 13.2 Å². The molecule has 33 heavy (non-hydrogen) atoms. The zero-order valence-corrected chi connectivity index (χ0v) is 17.1. The second-order valence-corrected chi connectivity index (χ2v) is 7.14. The van der Waals surface area contributed by atoms with Crippen LogP contribution in [0.1, 0.15) is 21.5 Å². The van der Waals surface area contributed by atoms with Crippen LogP contribution in [-0.4, -0.2) is 26.3 Å². The number of hydrogen-bond donors (Lipinski definition) is 3. The number of para-hydroxylation sites is 1. The summed E-state index contributed by atoms with van der Waals surface area (Å²) in [4.78, 5) is 33.5. The second kappa shape index (κ2) is 8.26. The molecule has 0 unspecified atom stereocenters. The van der Waals surface area contributed by atoms with Crippen LogP contribution >= 0.6 is 0 Å². The smallest absolute Gasteiger partial charge is 0.383 e. The number of nitrogens with zero attached hydrogens (tertiary/aromatic N) is 3. The highest BCUT2D eigenvalue weighted by molar-refractivity contribution is 6.18. The van der Waals surface area contributed by atoms with Crippen molar-refractivity contribution in [3.8, 4) is 0 Å². The first-order valence-electron chi connectivity index (χ1n) is 9.59. The molecule has 0 saturated carbocycles. The number of aromatic nitrogens is 3. The zero-order valence-electron chi connectivity index (χ0n) is 17.1. The Balaban J connectivity index is 1.57. The van der Waals surface area contributed by atoms with Crippen LogP contribution in [0.25, 0.3) is 11.0 Å². The third-order valence-corrected chi connectivity index (χ3v) is 4.89. The quantitative estimate of drug-likeness (QED) is 0.394. The lowest BCUT2D eigenvalue weighted by atomic mass is 10.0. The third-order valence-electron chi connectivity index (χ3n) is 4.89. The Morgan fingerprint density at radius 1 is 1.03 bits per heavy atom. The number of carbonyl (C=O) groups excluding carboxylic acids is 2. The number of anilines is 3. The van der Waals surface area contributed by atoms with Gasteiger partial charge in [0.05, 0.1) is 22.2 Å². The van der Waals surface area contributed by atoms with E-state index < -0.39 is 17.8 Å². The summed E-state index contributed by atoms with van der Waals surface area (Å²) in [6, 6.07) is 9.74. The summed E-state index contributed by atoms with van der Waals surface area (Å²) in [5.74, 6) is -0.227. The molecule has 4 aromatic rings. The fraction of sp³-hybridized carbons (Fsp3) is 0.0909. The first-order chi connectivity index (χ1) is 15.6. The van der Waals surface area contributed by atoms with Crippen LogP contribution < -0.4 is 16.4 Å². The molecular formula is C22H17F3N6O2. The molecule has 4 rings (SSSR count). The van der Waals surface area contributed by atoms with E-state index >= 15 is 0 Å². The lowest BCUT2D eigenvalue weighted by Gasteiger charge is -2.14. The number of hydrogen-bond acceptors (Lipinski definition) is 5. The standard InChI is InChI=1S/C22H17F3N6O2/c1-31-10-14(17-19(26)27-11-28-20(17)31)18(32)12-5-4-6-13(9-12)29-21(33)30-16-8-3-2-7-15(16)22(23,24)25/h2-11H,1H3,(H2,26,27,28)(H2,29,30,33). The second-order valence-electron chi connectivity index (χ2n) is 7.14. The molecule has 2 aromatic carbocycles. The predicted octanol–water partition coefficient (Wildman–Crippen LogP) is 4.44. The minimum atomic E-state index is -4.62.